The molecule has 2 aromatic heterocycles. The first-order valence-electron chi connectivity index (χ1n) is 7.13. The molecule has 0 atom stereocenters. The molecule has 0 fully saturated rings. The summed E-state index contributed by atoms with van der Waals surface area (Å²) in [5.41, 5.74) is 5.53. The van der Waals surface area contributed by atoms with Crippen LogP contribution in [0.25, 0.3) is 16.9 Å². The molecule has 0 bridgehead atoms. The number of benzene rings is 1. The van der Waals surface area contributed by atoms with E-state index in [0.29, 0.717) is 5.88 Å². The van der Waals surface area contributed by atoms with Crippen LogP contribution in [0.3, 0.4) is 0 Å². The first-order chi connectivity index (χ1) is 10.0. The molecule has 0 radical (unpaired) electrons. The number of imidazole rings is 1. The number of aromatic nitrogens is 2. The highest BCUT2D eigenvalue weighted by molar-refractivity contribution is 6.17. The topological polar surface area (TPSA) is 17.3 Å². The summed E-state index contributed by atoms with van der Waals surface area (Å²) in [5, 5.41) is 0. The highest BCUT2D eigenvalue weighted by atomic mass is 35.5. The lowest BCUT2D eigenvalue weighted by Gasteiger charge is -2.19. The molecule has 3 heteroatoms. The number of nitrogens with zero attached hydrogens (tertiary/aromatic N) is 2. The maximum absolute atomic E-state index is 6.15. The Bertz CT molecular complexity index is 764. The maximum Gasteiger partial charge on any atom is 0.137 e. The Morgan fingerprint density at radius 2 is 1.76 bits per heavy atom. The molecule has 0 spiro atoms. The van der Waals surface area contributed by atoms with Gasteiger partial charge >= 0.3 is 0 Å². The molecule has 0 aliphatic rings. The molecule has 3 rings (SSSR count). The minimum Gasteiger partial charge on any atom is -0.302 e. The Morgan fingerprint density at radius 3 is 2.38 bits per heavy atom. The van der Waals surface area contributed by atoms with Crippen molar-refractivity contribution in [3.8, 4) is 11.3 Å². The number of hydrogen-bond acceptors (Lipinski definition) is 1. The van der Waals surface area contributed by atoms with E-state index >= 15 is 0 Å². The van der Waals surface area contributed by atoms with Gasteiger partial charge in [0.25, 0.3) is 0 Å². The third-order valence-electron chi connectivity index (χ3n) is 3.78. The second-order valence-corrected chi connectivity index (χ2v) is 6.56. The Balaban J connectivity index is 2.12. The maximum atomic E-state index is 6.15. The van der Waals surface area contributed by atoms with Crippen LogP contribution in [0.4, 0.5) is 0 Å². The fourth-order valence-electron chi connectivity index (χ4n) is 2.53. The van der Waals surface area contributed by atoms with E-state index in [4.69, 9.17) is 16.6 Å². The molecular weight excluding hydrogens is 280 g/mol. The molecule has 0 amide bonds. The normalized spacial score (nSPS) is 12.0. The van der Waals surface area contributed by atoms with Crippen LogP contribution in [0, 0.1) is 0 Å². The standard InChI is InChI=1S/C18H19ClN2/c1-18(2,3)14-9-7-13(8-10-14)17-15(12-19)21-11-5-4-6-16(21)20-17/h4-11H,12H2,1-3H3. The predicted octanol–water partition coefficient (Wildman–Crippen LogP) is 5.04. The zero-order valence-corrected chi connectivity index (χ0v) is 13.4. The van der Waals surface area contributed by atoms with Crippen LogP contribution in [0.1, 0.15) is 32.0 Å². The van der Waals surface area contributed by atoms with Crippen molar-refractivity contribution in [3.05, 3.63) is 59.9 Å². The molecule has 0 aliphatic heterocycles. The largest absolute Gasteiger partial charge is 0.302 e. The van der Waals surface area contributed by atoms with Gasteiger partial charge in [0.05, 0.1) is 17.3 Å². The van der Waals surface area contributed by atoms with E-state index in [0.717, 1.165) is 22.6 Å². The van der Waals surface area contributed by atoms with Crippen molar-refractivity contribution < 1.29 is 0 Å². The molecular formula is C18H19ClN2. The third-order valence-corrected chi connectivity index (χ3v) is 4.03. The molecule has 0 saturated heterocycles. The van der Waals surface area contributed by atoms with E-state index < -0.39 is 0 Å². The fraction of sp³-hybridized carbons (Fsp3) is 0.278. The van der Waals surface area contributed by atoms with E-state index in [1.165, 1.54) is 5.56 Å². The van der Waals surface area contributed by atoms with Crippen molar-refractivity contribution in [1.82, 2.24) is 9.38 Å². The summed E-state index contributed by atoms with van der Waals surface area (Å²) in [5.74, 6) is 0.446. The van der Waals surface area contributed by atoms with Crippen molar-refractivity contribution in [1.29, 1.82) is 0 Å². The molecule has 2 heterocycles. The number of pyridine rings is 1. The summed E-state index contributed by atoms with van der Waals surface area (Å²) in [6.07, 6.45) is 2.01. The van der Waals surface area contributed by atoms with E-state index in [9.17, 15) is 0 Å². The summed E-state index contributed by atoms with van der Waals surface area (Å²) < 4.78 is 2.06. The van der Waals surface area contributed by atoms with Crippen LogP contribution in [0.5, 0.6) is 0 Å². The van der Waals surface area contributed by atoms with Gasteiger partial charge in [-0.3, -0.25) is 0 Å². The molecule has 108 valence electrons. The second kappa shape index (κ2) is 5.19. The molecule has 0 unspecified atom stereocenters. The Kier molecular flexibility index (Phi) is 3.50. The van der Waals surface area contributed by atoms with E-state index in [1.54, 1.807) is 0 Å². The highest BCUT2D eigenvalue weighted by Gasteiger charge is 2.16. The van der Waals surface area contributed by atoms with Crippen LogP contribution >= 0.6 is 11.6 Å². The quantitative estimate of drug-likeness (QED) is 0.606. The molecule has 1 aromatic carbocycles. The lowest BCUT2D eigenvalue weighted by molar-refractivity contribution is 0.590. The van der Waals surface area contributed by atoms with Crippen molar-refractivity contribution in [2.24, 2.45) is 0 Å². The predicted molar refractivity (Wildman–Crippen MR) is 88.9 cm³/mol. The third kappa shape index (κ3) is 2.56. The van der Waals surface area contributed by atoms with Gasteiger partial charge in [0.1, 0.15) is 5.65 Å². The average Bonchev–Trinajstić information content (AvgIpc) is 2.85. The van der Waals surface area contributed by atoms with Crippen molar-refractivity contribution in [2.75, 3.05) is 0 Å². The molecule has 21 heavy (non-hydrogen) atoms. The zero-order chi connectivity index (χ0) is 15.0. The van der Waals surface area contributed by atoms with Gasteiger partial charge in [0.2, 0.25) is 0 Å². The minimum absolute atomic E-state index is 0.159. The van der Waals surface area contributed by atoms with Crippen molar-refractivity contribution >= 4 is 17.2 Å². The fourth-order valence-corrected chi connectivity index (χ4v) is 2.79. The van der Waals surface area contributed by atoms with E-state index in [-0.39, 0.29) is 5.41 Å². The Morgan fingerprint density at radius 1 is 1.05 bits per heavy atom. The van der Waals surface area contributed by atoms with Gasteiger partial charge in [-0.25, -0.2) is 4.98 Å². The van der Waals surface area contributed by atoms with Crippen molar-refractivity contribution in [2.45, 2.75) is 32.1 Å². The summed E-state index contributed by atoms with van der Waals surface area (Å²) in [7, 11) is 0. The van der Waals surface area contributed by atoms with Crippen LogP contribution in [-0.4, -0.2) is 9.38 Å². The summed E-state index contributed by atoms with van der Waals surface area (Å²) in [6.45, 7) is 6.66. The minimum atomic E-state index is 0.159. The van der Waals surface area contributed by atoms with Gasteiger partial charge in [-0.05, 0) is 23.1 Å². The number of halogens is 1. The molecule has 0 N–H and O–H groups in total. The lowest BCUT2D eigenvalue weighted by Crippen LogP contribution is -2.10. The number of rotatable bonds is 2. The highest BCUT2D eigenvalue weighted by Crippen LogP contribution is 2.29. The van der Waals surface area contributed by atoms with Gasteiger partial charge in [0.15, 0.2) is 0 Å². The summed E-state index contributed by atoms with van der Waals surface area (Å²) in [6, 6.07) is 14.6. The van der Waals surface area contributed by atoms with Crippen LogP contribution in [0.15, 0.2) is 48.7 Å². The number of hydrogen-bond donors (Lipinski definition) is 0. The lowest BCUT2D eigenvalue weighted by atomic mass is 9.86. The van der Waals surface area contributed by atoms with Crippen LogP contribution in [0.2, 0.25) is 0 Å². The van der Waals surface area contributed by atoms with Gasteiger partial charge in [-0.2, -0.15) is 0 Å². The first-order valence-corrected chi connectivity index (χ1v) is 7.67. The second-order valence-electron chi connectivity index (χ2n) is 6.30. The van der Waals surface area contributed by atoms with Crippen LogP contribution < -0.4 is 0 Å². The SMILES string of the molecule is CC(C)(C)c1ccc(-c2nc3ccccn3c2CCl)cc1. The Hall–Kier alpha value is -1.80. The van der Waals surface area contributed by atoms with Crippen molar-refractivity contribution in [3.63, 3.8) is 0 Å². The van der Waals surface area contributed by atoms with E-state index in [1.807, 2.05) is 24.4 Å². The smallest absolute Gasteiger partial charge is 0.137 e. The zero-order valence-electron chi connectivity index (χ0n) is 12.6. The van der Waals surface area contributed by atoms with E-state index in [2.05, 4.69) is 49.4 Å². The molecule has 0 aliphatic carbocycles. The number of fused-ring (bicyclic) bond motifs is 1. The monoisotopic (exact) mass is 298 g/mol. The number of alkyl halides is 1. The van der Waals surface area contributed by atoms with Crippen LogP contribution in [-0.2, 0) is 11.3 Å². The van der Waals surface area contributed by atoms with Gasteiger partial charge in [-0.15, -0.1) is 11.6 Å². The van der Waals surface area contributed by atoms with Gasteiger partial charge < -0.3 is 4.40 Å². The van der Waals surface area contributed by atoms with Gasteiger partial charge in [-0.1, -0.05) is 51.1 Å². The summed E-state index contributed by atoms with van der Waals surface area (Å²) >= 11 is 6.15. The summed E-state index contributed by atoms with van der Waals surface area (Å²) in [4.78, 5) is 4.72. The molecule has 0 saturated carbocycles. The Labute approximate surface area is 130 Å². The molecule has 2 nitrogen and oxygen atoms in total. The average molecular weight is 299 g/mol. The molecule has 3 aromatic rings. The van der Waals surface area contributed by atoms with Gasteiger partial charge in [0, 0.05) is 11.8 Å². The first kappa shape index (κ1) is 14.2.